The quantitative estimate of drug-likeness (QED) is 0.317. The fraction of sp³-hybridized carbons (Fsp3) is 0.407. The van der Waals surface area contributed by atoms with E-state index < -0.39 is 22.0 Å². The summed E-state index contributed by atoms with van der Waals surface area (Å²) < 4.78 is 41.4. The maximum absolute atomic E-state index is 13.0. The van der Waals surface area contributed by atoms with Crippen molar-refractivity contribution in [3.63, 3.8) is 0 Å². The van der Waals surface area contributed by atoms with Crippen molar-refractivity contribution in [2.45, 2.75) is 58.9 Å². The van der Waals surface area contributed by atoms with Crippen molar-refractivity contribution in [2.75, 3.05) is 19.8 Å². The monoisotopic (exact) mass is 532 g/mol. The van der Waals surface area contributed by atoms with E-state index in [1.54, 1.807) is 26.0 Å². The number of halogens is 1. The molecule has 3 rings (SSSR count). The highest BCUT2D eigenvalue weighted by molar-refractivity contribution is 7.90. The van der Waals surface area contributed by atoms with Gasteiger partial charge in [0.15, 0.2) is 0 Å². The summed E-state index contributed by atoms with van der Waals surface area (Å²) in [5, 5.41) is 0.723. The van der Waals surface area contributed by atoms with E-state index in [2.05, 4.69) is 4.40 Å². The lowest BCUT2D eigenvalue weighted by atomic mass is 10.1. The topological polar surface area (TPSA) is 85.3 Å². The Morgan fingerprint density at radius 3 is 2.28 bits per heavy atom. The van der Waals surface area contributed by atoms with Gasteiger partial charge in [-0.1, -0.05) is 29.3 Å². The summed E-state index contributed by atoms with van der Waals surface area (Å²) in [6.07, 6.45) is 0.596. The Morgan fingerprint density at radius 2 is 1.69 bits per heavy atom. The van der Waals surface area contributed by atoms with Crippen LogP contribution in [0.2, 0.25) is 5.02 Å². The largest absolute Gasteiger partial charge is 0.494 e. The summed E-state index contributed by atoms with van der Waals surface area (Å²) in [5.74, 6) is 0.234. The first kappa shape index (κ1) is 27.7. The second kappa shape index (κ2) is 11.5. The molecule has 0 aliphatic carbocycles. The summed E-state index contributed by atoms with van der Waals surface area (Å²) in [5.41, 5.74) is 4.01. The van der Waals surface area contributed by atoms with Gasteiger partial charge in [-0.25, -0.2) is 4.79 Å². The maximum Gasteiger partial charge on any atom is 0.354 e. The second-order valence-electron chi connectivity index (χ2n) is 8.90. The average molecular weight is 533 g/mol. The van der Waals surface area contributed by atoms with Crippen LogP contribution >= 0.6 is 11.6 Å². The van der Waals surface area contributed by atoms with Crippen LogP contribution in [0, 0.1) is 20.8 Å². The van der Waals surface area contributed by atoms with Gasteiger partial charge in [-0.15, -0.1) is 0 Å². The molecule has 194 valence electrons. The number of carbonyl (C=O) groups is 1. The normalized spacial score (nSPS) is 17.1. The van der Waals surface area contributed by atoms with Gasteiger partial charge in [0.25, 0.3) is 10.0 Å². The van der Waals surface area contributed by atoms with Gasteiger partial charge in [0.1, 0.15) is 11.4 Å². The minimum Gasteiger partial charge on any atom is -0.494 e. The molecular weight excluding hydrogens is 500 g/mol. The molecule has 1 aliphatic rings. The number of carbonyl (C=O) groups excluding carboxylic acids is 1. The first-order valence-electron chi connectivity index (χ1n) is 11.9. The molecule has 0 amide bonds. The average Bonchev–Trinajstić information content (AvgIpc) is 3.04. The molecule has 36 heavy (non-hydrogen) atoms. The third kappa shape index (κ3) is 6.10. The number of esters is 1. The van der Waals surface area contributed by atoms with E-state index in [1.807, 2.05) is 44.7 Å². The summed E-state index contributed by atoms with van der Waals surface area (Å²) in [6.45, 7) is 12.1. The third-order valence-corrected chi connectivity index (χ3v) is 8.02. The number of nitrogens with zero attached hydrogens (tertiary/aromatic N) is 2. The summed E-state index contributed by atoms with van der Waals surface area (Å²) in [4.78, 5) is 14.8. The molecule has 0 saturated heterocycles. The molecule has 0 saturated carbocycles. The fourth-order valence-electron chi connectivity index (χ4n) is 4.22. The lowest BCUT2D eigenvalue weighted by Crippen LogP contribution is -2.36. The highest BCUT2D eigenvalue weighted by atomic mass is 35.5. The Hall–Kier alpha value is -2.84. The van der Waals surface area contributed by atoms with Gasteiger partial charge in [-0.05, 0) is 83.4 Å². The zero-order valence-corrected chi connectivity index (χ0v) is 23.2. The van der Waals surface area contributed by atoms with Gasteiger partial charge in [-0.3, -0.25) is 0 Å². The molecule has 2 aromatic carbocycles. The molecule has 1 aliphatic heterocycles. The van der Waals surface area contributed by atoms with Crippen LogP contribution in [0.25, 0.3) is 0 Å². The summed E-state index contributed by atoms with van der Waals surface area (Å²) in [6, 6.07) is 9.89. The SMILES string of the molecule is CCOC(=O)C1=C(C)C(=NS(=O)(=O)c2ccc(C)cc2)C(C)N1CCCOc1cc(C)c(Cl)c(C)c1. The van der Waals surface area contributed by atoms with Crippen molar-refractivity contribution in [3.8, 4) is 5.75 Å². The molecule has 2 aromatic rings. The summed E-state index contributed by atoms with van der Waals surface area (Å²) >= 11 is 6.24. The molecular formula is C27H33ClN2O5S. The number of aryl methyl sites for hydroxylation is 3. The van der Waals surface area contributed by atoms with Crippen LogP contribution in [-0.4, -0.2) is 50.8 Å². The Morgan fingerprint density at radius 1 is 1.08 bits per heavy atom. The van der Waals surface area contributed by atoms with Crippen LogP contribution in [0.4, 0.5) is 0 Å². The Kier molecular flexibility index (Phi) is 8.84. The van der Waals surface area contributed by atoms with Crippen LogP contribution in [0.1, 0.15) is 43.9 Å². The van der Waals surface area contributed by atoms with Gasteiger partial charge < -0.3 is 14.4 Å². The van der Waals surface area contributed by atoms with Gasteiger partial charge >= 0.3 is 5.97 Å². The van der Waals surface area contributed by atoms with E-state index in [9.17, 15) is 13.2 Å². The maximum atomic E-state index is 13.0. The van der Waals surface area contributed by atoms with Gasteiger partial charge in [0.2, 0.25) is 0 Å². The van der Waals surface area contributed by atoms with Crippen molar-refractivity contribution < 1.29 is 22.7 Å². The van der Waals surface area contributed by atoms with Crippen molar-refractivity contribution >= 4 is 33.3 Å². The minimum atomic E-state index is -3.94. The number of ether oxygens (including phenoxy) is 2. The van der Waals surface area contributed by atoms with Crippen LogP contribution in [0.15, 0.2) is 57.0 Å². The predicted molar refractivity (Wildman–Crippen MR) is 142 cm³/mol. The lowest BCUT2D eigenvalue weighted by Gasteiger charge is -2.26. The number of sulfonamides is 1. The highest BCUT2D eigenvalue weighted by Crippen LogP contribution is 2.30. The van der Waals surface area contributed by atoms with Crippen LogP contribution in [-0.2, 0) is 19.6 Å². The Balaban J connectivity index is 1.81. The number of rotatable bonds is 9. The van der Waals surface area contributed by atoms with E-state index in [0.717, 1.165) is 27.5 Å². The first-order chi connectivity index (χ1) is 17.0. The summed E-state index contributed by atoms with van der Waals surface area (Å²) in [7, 11) is -3.94. The Bertz CT molecular complexity index is 1280. The van der Waals surface area contributed by atoms with E-state index in [1.165, 1.54) is 12.1 Å². The molecule has 0 radical (unpaired) electrons. The second-order valence-corrected chi connectivity index (χ2v) is 10.9. The van der Waals surface area contributed by atoms with Crippen molar-refractivity contribution in [1.82, 2.24) is 4.90 Å². The molecule has 1 heterocycles. The van der Waals surface area contributed by atoms with E-state index >= 15 is 0 Å². The third-order valence-electron chi connectivity index (χ3n) is 6.12. The zero-order chi connectivity index (χ0) is 26.6. The molecule has 9 heteroatoms. The van der Waals surface area contributed by atoms with Crippen LogP contribution in [0.3, 0.4) is 0 Å². The molecule has 7 nitrogen and oxygen atoms in total. The lowest BCUT2D eigenvalue weighted by molar-refractivity contribution is -0.140. The highest BCUT2D eigenvalue weighted by Gasteiger charge is 2.38. The van der Waals surface area contributed by atoms with Crippen LogP contribution < -0.4 is 4.74 Å². The number of hydrogen-bond donors (Lipinski definition) is 0. The van der Waals surface area contributed by atoms with E-state index in [0.29, 0.717) is 36.6 Å². The molecule has 1 unspecified atom stereocenters. The zero-order valence-electron chi connectivity index (χ0n) is 21.6. The molecule has 1 atom stereocenters. The fourth-order valence-corrected chi connectivity index (χ4v) is 5.46. The van der Waals surface area contributed by atoms with E-state index in [4.69, 9.17) is 21.1 Å². The standard InChI is InChI=1S/C27H33ClN2O5S/c1-7-34-27(31)26-20(5)25(29-36(32,33)23-11-9-17(2)10-12-23)21(6)30(26)13-8-14-35-22-15-18(3)24(28)19(4)16-22/h9-12,15-16,21H,7-8,13-14H2,1-6H3. The molecule has 0 N–H and O–H groups in total. The van der Waals surface area contributed by atoms with Gasteiger partial charge in [0, 0.05) is 17.1 Å². The molecule has 0 spiro atoms. The van der Waals surface area contributed by atoms with E-state index in [-0.39, 0.29) is 11.5 Å². The van der Waals surface area contributed by atoms with Crippen LogP contribution in [0.5, 0.6) is 5.75 Å². The molecule has 0 fully saturated rings. The molecule has 0 aromatic heterocycles. The van der Waals surface area contributed by atoms with Crippen molar-refractivity contribution in [1.29, 1.82) is 0 Å². The van der Waals surface area contributed by atoms with Crippen molar-refractivity contribution in [2.24, 2.45) is 4.40 Å². The first-order valence-corrected chi connectivity index (χ1v) is 13.7. The predicted octanol–water partition coefficient (Wildman–Crippen LogP) is 5.41. The number of hydrogen-bond acceptors (Lipinski definition) is 6. The van der Waals surface area contributed by atoms with Gasteiger partial charge in [-0.2, -0.15) is 12.8 Å². The van der Waals surface area contributed by atoms with Gasteiger partial charge in [0.05, 0.1) is 29.9 Å². The minimum absolute atomic E-state index is 0.110. The smallest absolute Gasteiger partial charge is 0.354 e. The molecule has 0 bridgehead atoms. The Labute approximate surface area is 218 Å². The number of benzene rings is 2. The van der Waals surface area contributed by atoms with Crippen molar-refractivity contribution in [3.05, 3.63) is 69.4 Å².